The van der Waals surface area contributed by atoms with E-state index in [2.05, 4.69) is 0 Å². The second-order valence-electron chi connectivity index (χ2n) is 10.2. The summed E-state index contributed by atoms with van der Waals surface area (Å²) in [6.07, 6.45) is 4.02. The molecule has 2 aliphatic heterocycles. The number of benzene rings is 2. The molecule has 8 rings (SSSR count). The van der Waals surface area contributed by atoms with Crippen LogP contribution in [0.2, 0.25) is 0 Å². The third-order valence-corrected chi connectivity index (χ3v) is 8.97. The van der Waals surface area contributed by atoms with Crippen LogP contribution in [0.3, 0.4) is 0 Å². The summed E-state index contributed by atoms with van der Waals surface area (Å²) in [6.45, 7) is 0. The zero-order valence-electron chi connectivity index (χ0n) is 19.7. The molecular weight excluding hydrogens is 460 g/mol. The topological polar surface area (TPSA) is 93.2 Å². The molecule has 0 unspecified atom stereocenters. The average molecular weight is 485 g/mol. The first-order chi connectivity index (χ1) is 17.5. The van der Waals surface area contributed by atoms with Crippen LogP contribution in [0, 0.1) is 47.3 Å². The third-order valence-electron chi connectivity index (χ3n) is 8.97. The maximum Gasteiger partial charge on any atom is 0.238 e. The van der Waals surface area contributed by atoms with Crippen molar-refractivity contribution >= 4 is 35.0 Å². The molecule has 2 bridgehead atoms. The number of methoxy groups -OCH3 is 2. The SMILES string of the molecule is COc1cccc(N2C(=O)[C@@H]3[C@H]4C=C[C@H]([C@@H]3C2=O)[C@@H]2[C@H]3C(=O)N(c5cccc(OC)c5)C(=O)[C@H]3[C@@H]42)c1. The van der Waals surface area contributed by atoms with Crippen LogP contribution in [0.4, 0.5) is 11.4 Å². The molecule has 4 fully saturated rings. The normalized spacial score (nSPS) is 35.5. The predicted molar refractivity (Wildman–Crippen MR) is 128 cm³/mol. The Labute approximate surface area is 207 Å². The molecule has 4 aliphatic carbocycles. The summed E-state index contributed by atoms with van der Waals surface area (Å²) < 4.78 is 10.6. The molecule has 0 spiro atoms. The van der Waals surface area contributed by atoms with Gasteiger partial charge >= 0.3 is 0 Å². The fraction of sp³-hybridized carbons (Fsp3) is 0.357. The number of fused-ring (bicyclic) bond motifs is 1. The van der Waals surface area contributed by atoms with Crippen LogP contribution in [0.25, 0.3) is 0 Å². The van der Waals surface area contributed by atoms with E-state index in [0.29, 0.717) is 22.9 Å². The zero-order chi connectivity index (χ0) is 24.9. The fourth-order valence-electron chi connectivity index (χ4n) is 7.61. The van der Waals surface area contributed by atoms with Crippen molar-refractivity contribution in [3.63, 3.8) is 0 Å². The van der Waals surface area contributed by atoms with E-state index in [4.69, 9.17) is 9.47 Å². The summed E-state index contributed by atoms with van der Waals surface area (Å²) >= 11 is 0. The van der Waals surface area contributed by atoms with Crippen LogP contribution in [0.15, 0.2) is 60.7 Å². The first kappa shape index (κ1) is 21.4. The van der Waals surface area contributed by atoms with Gasteiger partial charge in [-0.05, 0) is 47.9 Å². The molecule has 2 heterocycles. The summed E-state index contributed by atoms with van der Waals surface area (Å²) in [5, 5.41) is 0. The van der Waals surface area contributed by atoms with Gasteiger partial charge in [0.05, 0.1) is 49.3 Å². The summed E-state index contributed by atoms with van der Waals surface area (Å²) in [5.74, 6) is -2.52. The van der Waals surface area contributed by atoms with Crippen LogP contribution in [0.1, 0.15) is 0 Å². The molecule has 6 aliphatic rings. The molecule has 0 radical (unpaired) electrons. The number of allylic oxidation sites excluding steroid dienone is 2. The predicted octanol–water partition coefficient (Wildman–Crippen LogP) is 2.68. The number of imide groups is 2. The van der Waals surface area contributed by atoms with Gasteiger partial charge in [-0.3, -0.25) is 19.2 Å². The largest absolute Gasteiger partial charge is 0.497 e. The third kappa shape index (κ3) is 2.49. The van der Waals surface area contributed by atoms with E-state index < -0.39 is 23.7 Å². The lowest BCUT2D eigenvalue weighted by atomic mass is 9.40. The standard InChI is InChI=1S/C28H24N2O6/c1-35-15-7-3-5-13(11-15)29-25(31)21-17-9-10-18(22(21)26(29)32)20-19(17)23-24(20)28(34)30(27(23)33)14-6-4-8-16(12-14)36-2/h3-12,17-24H,1-2H3/t17-,18-,19-,20-,21-,22+,23+,24-/m0/s1. The lowest BCUT2D eigenvalue weighted by Gasteiger charge is -2.60. The maximum atomic E-state index is 13.7. The van der Waals surface area contributed by atoms with Crippen molar-refractivity contribution in [2.24, 2.45) is 47.3 Å². The number of rotatable bonds is 4. The number of carbonyl (C=O) groups excluding carboxylic acids is 4. The van der Waals surface area contributed by atoms with Crippen LogP contribution in [0.5, 0.6) is 11.5 Å². The molecule has 182 valence electrons. The van der Waals surface area contributed by atoms with Gasteiger partial charge in [-0.25, -0.2) is 9.80 Å². The van der Waals surface area contributed by atoms with Gasteiger partial charge in [0, 0.05) is 12.1 Å². The Kier molecular flexibility index (Phi) is 4.32. The summed E-state index contributed by atoms with van der Waals surface area (Å²) in [7, 11) is 3.08. The Morgan fingerprint density at radius 1 is 0.583 bits per heavy atom. The quantitative estimate of drug-likeness (QED) is 0.489. The minimum absolute atomic E-state index is 0.125. The van der Waals surface area contributed by atoms with Crippen LogP contribution < -0.4 is 19.3 Å². The van der Waals surface area contributed by atoms with Crippen LogP contribution in [-0.4, -0.2) is 37.8 Å². The van der Waals surface area contributed by atoms with E-state index in [9.17, 15) is 19.2 Å². The van der Waals surface area contributed by atoms with E-state index >= 15 is 0 Å². The highest BCUT2D eigenvalue weighted by molar-refractivity contribution is 6.25. The Bertz CT molecular complexity index is 1330. The minimum Gasteiger partial charge on any atom is -0.497 e. The monoisotopic (exact) mass is 484 g/mol. The number of ether oxygens (including phenoxy) is 2. The Hall–Kier alpha value is -3.94. The molecule has 8 atom stereocenters. The lowest BCUT2D eigenvalue weighted by Crippen LogP contribution is -2.63. The second kappa shape index (κ2) is 7.29. The number of anilines is 2. The van der Waals surface area contributed by atoms with Gasteiger partial charge in [-0.1, -0.05) is 24.3 Å². The van der Waals surface area contributed by atoms with Crippen molar-refractivity contribution in [3.05, 3.63) is 60.7 Å². The maximum absolute atomic E-state index is 13.7. The van der Waals surface area contributed by atoms with E-state index in [-0.39, 0.29) is 47.3 Å². The number of nitrogens with zero attached hydrogens (tertiary/aromatic N) is 2. The van der Waals surface area contributed by atoms with Crippen molar-refractivity contribution in [1.82, 2.24) is 0 Å². The lowest BCUT2D eigenvalue weighted by molar-refractivity contribution is -0.166. The number of hydrogen-bond acceptors (Lipinski definition) is 6. The smallest absolute Gasteiger partial charge is 0.238 e. The first-order valence-corrected chi connectivity index (χ1v) is 12.2. The van der Waals surface area contributed by atoms with Crippen LogP contribution in [-0.2, 0) is 19.2 Å². The fourth-order valence-corrected chi connectivity index (χ4v) is 7.61. The van der Waals surface area contributed by atoms with Gasteiger partial charge in [-0.15, -0.1) is 0 Å². The van der Waals surface area contributed by atoms with Gasteiger partial charge in [0.15, 0.2) is 0 Å². The summed E-state index contributed by atoms with van der Waals surface area (Å²) in [5.41, 5.74) is 0.981. The van der Waals surface area contributed by atoms with E-state index in [1.807, 2.05) is 12.2 Å². The van der Waals surface area contributed by atoms with Crippen molar-refractivity contribution in [2.75, 3.05) is 24.0 Å². The molecule has 0 aromatic heterocycles. The molecule has 8 nitrogen and oxygen atoms in total. The second-order valence-corrected chi connectivity index (χ2v) is 10.2. The average Bonchev–Trinajstić information content (AvgIpc) is 3.27. The minimum atomic E-state index is -0.519. The zero-order valence-corrected chi connectivity index (χ0v) is 19.7. The van der Waals surface area contributed by atoms with Gasteiger partial charge < -0.3 is 9.47 Å². The molecular formula is C28H24N2O6. The highest BCUT2D eigenvalue weighted by Crippen LogP contribution is 2.68. The van der Waals surface area contributed by atoms with E-state index in [1.165, 1.54) is 24.0 Å². The number of amides is 4. The highest BCUT2D eigenvalue weighted by Gasteiger charge is 2.75. The van der Waals surface area contributed by atoms with E-state index in [1.54, 1.807) is 48.5 Å². The van der Waals surface area contributed by atoms with Gasteiger partial charge in [0.1, 0.15) is 11.5 Å². The Morgan fingerprint density at radius 3 is 1.36 bits per heavy atom. The van der Waals surface area contributed by atoms with Crippen molar-refractivity contribution in [1.29, 1.82) is 0 Å². The van der Waals surface area contributed by atoms with Gasteiger partial charge in [0.25, 0.3) is 0 Å². The van der Waals surface area contributed by atoms with Crippen molar-refractivity contribution in [2.45, 2.75) is 0 Å². The molecule has 2 saturated heterocycles. The van der Waals surface area contributed by atoms with Gasteiger partial charge in [-0.2, -0.15) is 0 Å². The van der Waals surface area contributed by atoms with Crippen molar-refractivity contribution in [3.8, 4) is 11.5 Å². The summed E-state index contributed by atoms with van der Waals surface area (Å²) in [4.78, 5) is 57.0. The Balaban J connectivity index is 1.24. The molecule has 0 N–H and O–H groups in total. The molecule has 2 aromatic carbocycles. The van der Waals surface area contributed by atoms with E-state index in [0.717, 1.165) is 0 Å². The molecule has 8 heteroatoms. The van der Waals surface area contributed by atoms with Crippen LogP contribution >= 0.6 is 0 Å². The van der Waals surface area contributed by atoms with Gasteiger partial charge in [0.2, 0.25) is 23.6 Å². The number of carbonyl (C=O) groups is 4. The molecule has 2 aromatic rings. The van der Waals surface area contributed by atoms with Crippen molar-refractivity contribution < 1.29 is 28.7 Å². The Morgan fingerprint density at radius 2 is 0.972 bits per heavy atom. The first-order valence-electron chi connectivity index (χ1n) is 12.2. The summed E-state index contributed by atoms with van der Waals surface area (Å²) in [6, 6.07) is 13.9. The molecule has 36 heavy (non-hydrogen) atoms. The molecule has 2 saturated carbocycles. The molecule has 4 amide bonds. The number of hydrogen-bond donors (Lipinski definition) is 0. The highest BCUT2D eigenvalue weighted by atomic mass is 16.5.